The topological polar surface area (TPSA) is 118 Å². The van der Waals surface area contributed by atoms with E-state index in [4.69, 9.17) is 16.3 Å². The van der Waals surface area contributed by atoms with Gasteiger partial charge in [0.15, 0.2) is 0 Å². The number of benzene rings is 3. The Labute approximate surface area is 238 Å². The van der Waals surface area contributed by atoms with E-state index in [2.05, 4.69) is 15.0 Å². The smallest absolute Gasteiger partial charge is 0.265 e. The maximum absolute atomic E-state index is 13.0. The molecule has 40 heavy (non-hydrogen) atoms. The van der Waals surface area contributed by atoms with Crippen molar-refractivity contribution in [2.24, 2.45) is 0 Å². The fourth-order valence-corrected chi connectivity index (χ4v) is 5.76. The second-order valence-electron chi connectivity index (χ2n) is 9.53. The summed E-state index contributed by atoms with van der Waals surface area (Å²) in [6.07, 6.45) is 4.25. The molecule has 0 unspecified atom stereocenters. The van der Waals surface area contributed by atoms with E-state index >= 15 is 0 Å². The van der Waals surface area contributed by atoms with Gasteiger partial charge in [-0.15, -0.1) is 0 Å². The Morgan fingerprint density at radius 3 is 2.67 bits per heavy atom. The molecule has 0 spiro atoms. The normalized spacial score (nSPS) is 15.5. The van der Waals surface area contributed by atoms with E-state index < -0.39 is 22.0 Å². The van der Waals surface area contributed by atoms with Crippen LogP contribution in [0.3, 0.4) is 0 Å². The quantitative estimate of drug-likeness (QED) is 0.267. The zero-order chi connectivity index (χ0) is 28.1. The number of ether oxygens (including phenoxy) is 1. The summed E-state index contributed by atoms with van der Waals surface area (Å²) < 4.78 is 34.2. The molecule has 3 N–H and O–H groups in total. The van der Waals surface area contributed by atoms with Gasteiger partial charge in [0.05, 0.1) is 11.0 Å². The van der Waals surface area contributed by atoms with E-state index in [0.29, 0.717) is 23.7 Å². The Morgan fingerprint density at radius 1 is 1.05 bits per heavy atom. The van der Waals surface area contributed by atoms with Gasteiger partial charge in [-0.3, -0.25) is 9.78 Å². The van der Waals surface area contributed by atoms with Crippen LogP contribution in [0.4, 0.5) is 0 Å². The zero-order valence-corrected chi connectivity index (χ0v) is 23.0. The highest BCUT2D eigenvalue weighted by Gasteiger charge is 2.22. The summed E-state index contributed by atoms with van der Waals surface area (Å²) in [5.74, 6) is 0.0293. The van der Waals surface area contributed by atoms with E-state index in [0.717, 1.165) is 35.3 Å². The number of halogens is 1. The molecule has 3 aromatic carbocycles. The molecule has 0 saturated heterocycles. The molecule has 206 valence electrons. The van der Waals surface area contributed by atoms with Crippen LogP contribution >= 0.6 is 11.6 Å². The maximum atomic E-state index is 13.0. The van der Waals surface area contributed by atoms with E-state index in [1.165, 1.54) is 18.2 Å². The van der Waals surface area contributed by atoms with Crippen LogP contribution in [0, 0.1) is 0 Å². The Hall–Kier alpha value is -3.76. The van der Waals surface area contributed by atoms with E-state index in [9.17, 15) is 18.3 Å². The molecule has 0 radical (unpaired) electrons. The van der Waals surface area contributed by atoms with Crippen molar-refractivity contribution >= 4 is 27.5 Å². The summed E-state index contributed by atoms with van der Waals surface area (Å²) in [6.45, 7) is 0.996. The van der Waals surface area contributed by atoms with Crippen LogP contribution in [0.5, 0.6) is 5.75 Å². The molecule has 1 aliphatic rings. The predicted octanol–water partition coefficient (Wildman–Crippen LogP) is 4.54. The molecular weight excluding hydrogens is 550 g/mol. The largest absolute Gasteiger partial charge is 0.489 e. The van der Waals surface area contributed by atoms with Gasteiger partial charge in [-0.05, 0) is 78.1 Å². The van der Waals surface area contributed by atoms with Gasteiger partial charge in [0.25, 0.3) is 15.9 Å². The molecule has 10 heteroatoms. The van der Waals surface area contributed by atoms with Gasteiger partial charge in [0.1, 0.15) is 11.9 Å². The number of carbonyl (C=O) groups is 1. The first-order valence-corrected chi connectivity index (χ1v) is 14.7. The number of rotatable bonds is 9. The number of fused-ring (bicyclic) bond motifs is 1. The second-order valence-corrected chi connectivity index (χ2v) is 11.7. The number of hydrogen-bond donors (Lipinski definition) is 3. The van der Waals surface area contributed by atoms with Crippen LogP contribution < -0.4 is 14.8 Å². The third kappa shape index (κ3) is 6.68. The van der Waals surface area contributed by atoms with Crippen LogP contribution in [0.2, 0.25) is 5.02 Å². The fraction of sp³-hybridized carbons (Fsp3) is 0.200. The third-order valence-corrected chi connectivity index (χ3v) is 8.22. The van der Waals surface area contributed by atoms with Crippen molar-refractivity contribution in [1.82, 2.24) is 15.0 Å². The number of carbonyl (C=O) groups excluding carboxylic acids is 1. The summed E-state index contributed by atoms with van der Waals surface area (Å²) in [5, 5.41) is 13.9. The van der Waals surface area contributed by atoms with Crippen LogP contribution in [0.15, 0.2) is 96.2 Å². The highest BCUT2D eigenvalue weighted by Crippen LogP contribution is 2.32. The van der Waals surface area contributed by atoms with Crippen molar-refractivity contribution in [3.63, 3.8) is 0 Å². The first-order chi connectivity index (χ1) is 19.3. The van der Waals surface area contributed by atoms with Crippen molar-refractivity contribution in [2.45, 2.75) is 29.9 Å². The van der Waals surface area contributed by atoms with Gasteiger partial charge in [-0.2, -0.15) is 0 Å². The van der Waals surface area contributed by atoms with Crippen molar-refractivity contribution in [3.8, 4) is 16.9 Å². The summed E-state index contributed by atoms with van der Waals surface area (Å²) >= 11 is 5.93. The van der Waals surface area contributed by atoms with Gasteiger partial charge in [-0.25, -0.2) is 13.1 Å². The number of aliphatic hydroxyl groups is 1. The van der Waals surface area contributed by atoms with Gasteiger partial charge >= 0.3 is 0 Å². The van der Waals surface area contributed by atoms with Crippen LogP contribution in [0.1, 0.15) is 34.0 Å². The van der Waals surface area contributed by atoms with Gasteiger partial charge in [0, 0.05) is 41.6 Å². The minimum atomic E-state index is -4.10. The average molecular weight is 578 g/mol. The molecule has 2 heterocycles. The van der Waals surface area contributed by atoms with Crippen LogP contribution in [0.25, 0.3) is 11.1 Å². The van der Waals surface area contributed by atoms with Crippen LogP contribution in [-0.4, -0.2) is 43.6 Å². The van der Waals surface area contributed by atoms with Gasteiger partial charge < -0.3 is 15.2 Å². The number of nitrogens with zero attached hydrogens (tertiary/aromatic N) is 1. The van der Waals surface area contributed by atoms with Gasteiger partial charge in [0.2, 0.25) is 0 Å². The Bertz CT molecular complexity index is 1610. The molecule has 0 saturated carbocycles. The highest BCUT2D eigenvalue weighted by molar-refractivity contribution is 7.90. The maximum Gasteiger partial charge on any atom is 0.265 e. The first-order valence-electron chi connectivity index (χ1n) is 12.8. The Kier molecular flexibility index (Phi) is 8.46. The lowest BCUT2D eigenvalue weighted by atomic mass is 9.97. The molecule has 1 aliphatic heterocycles. The summed E-state index contributed by atoms with van der Waals surface area (Å²) in [5.41, 5.74) is 3.50. The molecule has 0 aliphatic carbocycles. The first kappa shape index (κ1) is 27.8. The number of nitrogens with one attached hydrogen (secondary N) is 2. The van der Waals surface area contributed by atoms with E-state index in [-0.39, 0.29) is 16.6 Å². The third-order valence-electron chi connectivity index (χ3n) is 6.66. The van der Waals surface area contributed by atoms with Crippen molar-refractivity contribution < 1.29 is 23.1 Å². The lowest BCUT2D eigenvalue weighted by molar-refractivity contribution is 0.0981. The number of pyridine rings is 1. The number of aromatic nitrogens is 1. The highest BCUT2D eigenvalue weighted by atomic mass is 35.5. The van der Waals surface area contributed by atoms with Crippen LogP contribution in [-0.2, 0) is 16.4 Å². The minimum Gasteiger partial charge on any atom is -0.489 e. The Balaban J connectivity index is 1.22. The summed E-state index contributed by atoms with van der Waals surface area (Å²) in [7, 11) is -4.10. The SMILES string of the molecule is O=C(NS(=O)(=O)c1cccc(-c2ccc3c(c2)CC[C@H](CNC[C@H](O)c2cccnc2)O3)c1)c1cccc(Cl)c1. The molecular formula is C30H28ClN3O5S. The molecule has 5 rings (SSSR count). The number of amides is 1. The molecule has 2 atom stereocenters. The standard InChI is InChI=1S/C30H28ClN3O5S/c31-25-7-1-5-23(15-25)30(36)34-40(37,38)27-8-2-4-20(16-27)21-10-12-29-22(14-21)9-11-26(39-29)18-33-19-28(35)24-6-3-13-32-17-24/h1-8,10,12-17,26,28,33,35H,9,11,18-19H2,(H,34,36)/t26-,28+/m1/s1. The molecule has 0 bridgehead atoms. The number of aliphatic hydroxyl groups excluding tert-OH is 1. The van der Waals surface area contributed by atoms with Gasteiger partial charge in [-0.1, -0.05) is 41.9 Å². The predicted molar refractivity (Wildman–Crippen MR) is 153 cm³/mol. The average Bonchev–Trinajstić information content (AvgIpc) is 2.97. The summed E-state index contributed by atoms with van der Waals surface area (Å²) in [4.78, 5) is 16.5. The molecule has 8 nitrogen and oxygen atoms in total. The fourth-order valence-electron chi connectivity index (χ4n) is 4.55. The lowest BCUT2D eigenvalue weighted by Gasteiger charge is -2.27. The number of aryl methyl sites for hydroxylation is 1. The molecule has 1 amide bonds. The Morgan fingerprint density at radius 2 is 1.88 bits per heavy atom. The van der Waals surface area contributed by atoms with E-state index in [1.54, 1.807) is 42.7 Å². The van der Waals surface area contributed by atoms with E-state index in [1.807, 2.05) is 30.3 Å². The zero-order valence-electron chi connectivity index (χ0n) is 21.5. The second kappa shape index (κ2) is 12.2. The van der Waals surface area contributed by atoms with Crippen molar-refractivity contribution in [3.05, 3.63) is 113 Å². The molecule has 1 aromatic heterocycles. The lowest BCUT2D eigenvalue weighted by Crippen LogP contribution is -2.36. The monoisotopic (exact) mass is 577 g/mol. The minimum absolute atomic E-state index is 0.0195. The summed E-state index contributed by atoms with van der Waals surface area (Å²) in [6, 6.07) is 22.0. The van der Waals surface area contributed by atoms with Crippen molar-refractivity contribution in [2.75, 3.05) is 13.1 Å². The molecule has 0 fully saturated rings. The number of sulfonamides is 1. The molecule has 4 aromatic rings. The number of hydrogen-bond acceptors (Lipinski definition) is 7. The van der Waals surface area contributed by atoms with Crippen molar-refractivity contribution in [1.29, 1.82) is 0 Å².